The molecule has 0 aliphatic rings. The van der Waals surface area contributed by atoms with Gasteiger partial charge in [0.15, 0.2) is 0 Å². The van der Waals surface area contributed by atoms with Crippen LogP contribution in [0.25, 0.3) is 0 Å². The lowest BCUT2D eigenvalue weighted by Crippen LogP contribution is -2.39. The summed E-state index contributed by atoms with van der Waals surface area (Å²) in [6.07, 6.45) is -1.39. The van der Waals surface area contributed by atoms with Crippen molar-refractivity contribution >= 4 is 46.0 Å². The number of nitrogens with two attached hydrogens (primary N) is 1. The Balaban J connectivity index is 2.64. The van der Waals surface area contributed by atoms with Crippen molar-refractivity contribution in [3.8, 4) is 0 Å². The molecule has 0 spiro atoms. The van der Waals surface area contributed by atoms with E-state index in [9.17, 15) is 9.59 Å². The topological polar surface area (TPSA) is 92.4 Å². The number of nitrogens with one attached hydrogen (secondary N) is 1. The van der Waals surface area contributed by atoms with E-state index in [1.165, 1.54) is 6.07 Å². The molecule has 5 nitrogen and oxygen atoms in total. The number of benzene rings is 1. The van der Waals surface area contributed by atoms with Crippen molar-refractivity contribution in [3.63, 3.8) is 0 Å². The van der Waals surface area contributed by atoms with Crippen LogP contribution in [0.4, 0.5) is 0 Å². The number of halogens is 2. The van der Waals surface area contributed by atoms with Crippen LogP contribution >= 0.6 is 34.2 Å². The van der Waals surface area contributed by atoms with Crippen LogP contribution in [-0.2, 0) is 4.79 Å². The highest BCUT2D eigenvalue weighted by molar-refractivity contribution is 14.1. The summed E-state index contributed by atoms with van der Waals surface area (Å²) in [5.74, 6) is -1.31. The maximum Gasteiger partial charge on any atom is 0.251 e. The predicted octanol–water partition coefficient (Wildman–Crippen LogP) is 0.521. The standard InChI is InChI=1S/C10H10ClIN2O3/c11-6-3-5(1-2-7(6)12)10(17)14-4-8(15)9(13)16/h1-3,8,15H,4H2,(H2,13,16)(H,14,17). The fourth-order valence-corrected chi connectivity index (χ4v) is 1.55. The van der Waals surface area contributed by atoms with Gasteiger partial charge in [-0.2, -0.15) is 0 Å². The molecule has 0 aromatic heterocycles. The van der Waals surface area contributed by atoms with Gasteiger partial charge in [0.2, 0.25) is 5.91 Å². The highest BCUT2D eigenvalue weighted by Crippen LogP contribution is 2.19. The lowest BCUT2D eigenvalue weighted by Gasteiger charge is -2.08. The van der Waals surface area contributed by atoms with Gasteiger partial charge in [-0.05, 0) is 40.8 Å². The molecule has 0 heterocycles. The number of aliphatic hydroxyl groups is 1. The van der Waals surface area contributed by atoms with Crippen molar-refractivity contribution in [1.82, 2.24) is 5.32 Å². The van der Waals surface area contributed by atoms with Crippen LogP contribution in [0.3, 0.4) is 0 Å². The third-order valence-corrected chi connectivity index (χ3v) is 3.54. The molecule has 92 valence electrons. The summed E-state index contributed by atoms with van der Waals surface area (Å²) >= 11 is 7.90. The second kappa shape index (κ2) is 6.18. The van der Waals surface area contributed by atoms with Gasteiger partial charge in [-0.3, -0.25) is 9.59 Å². The Hall–Kier alpha value is -0.860. The first-order valence-electron chi connectivity index (χ1n) is 4.62. The van der Waals surface area contributed by atoms with E-state index in [1.807, 2.05) is 22.6 Å². The fraction of sp³-hybridized carbons (Fsp3) is 0.200. The smallest absolute Gasteiger partial charge is 0.251 e. The Morgan fingerprint density at radius 2 is 2.18 bits per heavy atom. The molecule has 4 N–H and O–H groups in total. The minimum atomic E-state index is -1.39. The number of carbonyl (C=O) groups is 2. The van der Waals surface area contributed by atoms with E-state index >= 15 is 0 Å². The predicted molar refractivity (Wildman–Crippen MR) is 71.7 cm³/mol. The molecular formula is C10H10ClIN2O3. The molecule has 0 radical (unpaired) electrons. The summed E-state index contributed by atoms with van der Waals surface area (Å²) in [6, 6.07) is 4.80. The van der Waals surface area contributed by atoms with Gasteiger partial charge in [0.05, 0.1) is 11.6 Å². The molecule has 0 saturated carbocycles. The first-order valence-corrected chi connectivity index (χ1v) is 6.08. The summed E-state index contributed by atoms with van der Waals surface area (Å²) in [5, 5.41) is 11.9. The minimum absolute atomic E-state index is 0.224. The maximum absolute atomic E-state index is 11.6. The van der Waals surface area contributed by atoms with Crippen LogP contribution in [0.5, 0.6) is 0 Å². The first kappa shape index (κ1) is 14.2. The second-order valence-electron chi connectivity index (χ2n) is 3.26. The first-order chi connectivity index (χ1) is 7.91. The molecule has 0 bridgehead atoms. The van der Waals surface area contributed by atoms with E-state index in [4.69, 9.17) is 22.4 Å². The van der Waals surface area contributed by atoms with Crippen LogP contribution in [0.15, 0.2) is 18.2 Å². The van der Waals surface area contributed by atoms with Crippen LogP contribution in [0, 0.1) is 3.57 Å². The molecule has 0 aliphatic carbocycles. The number of primary amides is 1. The van der Waals surface area contributed by atoms with Gasteiger partial charge in [0, 0.05) is 9.13 Å². The zero-order chi connectivity index (χ0) is 13.0. The number of hydrogen-bond donors (Lipinski definition) is 3. The third kappa shape index (κ3) is 4.14. The quantitative estimate of drug-likeness (QED) is 0.677. The summed E-state index contributed by atoms with van der Waals surface area (Å²) in [5.41, 5.74) is 5.20. The highest BCUT2D eigenvalue weighted by Gasteiger charge is 2.13. The van der Waals surface area contributed by atoms with Crippen molar-refractivity contribution < 1.29 is 14.7 Å². The summed E-state index contributed by atoms with van der Waals surface area (Å²) in [4.78, 5) is 22.1. The van der Waals surface area contributed by atoms with Crippen molar-refractivity contribution in [2.75, 3.05) is 6.54 Å². The number of rotatable bonds is 4. The van der Waals surface area contributed by atoms with Crippen molar-refractivity contribution in [3.05, 3.63) is 32.4 Å². The van der Waals surface area contributed by atoms with E-state index in [-0.39, 0.29) is 6.54 Å². The molecule has 17 heavy (non-hydrogen) atoms. The Kier molecular flexibility index (Phi) is 5.16. The molecule has 1 unspecified atom stereocenters. The largest absolute Gasteiger partial charge is 0.381 e. The van der Waals surface area contributed by atoms with E-state index < -0.39 is 17.9 Å². The molecule has 1 aromatic carbocycles. The summed E-state index contributed by atoms with van der Waals surface area (Å²) in [6.45, 7) is -0.224. The SMILES string of the molecule is NC(=O)C(O)CNC(=O)c1ccc(I)c(Cl)c1. The number of hydrogen-bond acceptors (Lipinski definition) is 3. The molecule has 1 rings (SSSR count). The monoisotopic (exact) mass is 368 g/mol. The second-order valence-corrected chi connectivity index (χ2v) is 4.83. The summed E-state index contributed by atoms with van der Waals surface area (Å²) in [7, 11) is 0. The van der Waals surface area contributed by atoms with Gasteiger partial charge in [-0.15, -0.1) is 0 Å². The Bertz CT molecular complexity index is 453. The van der Waals surface area contributed by atoms with Gasteiger partial charge in [0.1, 0.15) is 6.10 Å². The van der Waals surface area contributed by atoms with Crippen LogP contribution in [-0.4, -0.2) is 29.6 Å². The fourth-order valence-electron chi connectivity index (χ4n) is 1.03. The maximum atomic E-state index is 11.6. The minimum Gasteiger partial charge on any atom is -0.381 e. The van der Waals surface area contributed by atoms with Crippen LogP contribution in [0.1, 0.15) is 10.4 Å². The van der Waals surface area contributed by atoms with E-state index in [1.54, 1.807) is 12.1 Å². The molecule has 0 fully saturated rings. The lowest BCUT2D eigenvalue weighted by atomic mass is 10.2. The Morgan fingerprint density at radius 3 is 2.71 bits per heavy atom. The van der Waals surface area contributed by atoms with Gasteiger partial charge < -0.3 is 16.2 Å². The summed E-state index contributed by atoms with van der Waals surface area (Å²) < 4.78 is 0.831. The molecule has 2 amide bonds. The van der Waals surface area contributed by atoms with Gasteiger partial charge >= 0.3 is 0 Å². The van der Waals surface area contributed by atoms with E-state index in [0.717, 1.165) is 3.57 Å². The Labute approximate surface area is 116 Å². The van der Waals surface area contributed by atoms with Gasteiger partial charge in [-0.1, -0.05) is 11.6 Å². The number of amides is 2. The van der Waals surface area contributed by atoms with Crippen molar-refractivity contribution in [2.45, 2.75) is 6.10 Å². The number of aliphatic hydroxyl groups excluding tert-OH is 1. The van der Waals surface area contributed by atoms with E-state index in [0.29, 0.717) is 10.6 Å². The van der Waals surface area contributed by atoms with Crippen LogP contribution < -0.4 is 11.1 Å². The van der Waals surface area contributed by atoms with Crippen molar-refractivity contribution in [2.24, 2.45) is 5.73 Å². The number of carbonyl (C=O) groups excluding carboxylic acids is 2. The molecule has 0 saturated heterocycles. The average Bonchev–Trinajstić information content (AvgIpc) is 2.28. The van der Waals surface area contributed by atoms with E-state index in [2.05, 4.69) is 5.32 Å². The lowest BCUT2D eigenvalue weighted by molar-refractivity contribution is -0.125. The highest BCUT2D eigenvalue weighted by atomic mass is 127. The normalized spacial score (nSPS) is 11.9. The molecule has 7 heteroatoms. The van der Waals surface area contributed by atoms with Gasteiger partial charge in [0.25, 0.3) is 5.91 Å². The molecule has 1 aromatic rings. The van der Waals surface area contributed by atoms with Gasteiger partial charge in [-0.25, -0.2) is 0 Å². The zero-order valence-electron chi connectivity index (χ0n) is 8.61. The van der Waals surface area contributed by atoms with Crippen LogP contribution in [0.2, 0.25) is 5.02 Å². The Morgan fingerprint density at radius 1 is 1.53 bits per heavy atom. The average molecular weight is 369 g/mol. The van der Waals surface area contributed by atoms with Crippen molar-refractivity contribution in [1.29, 1.82) is 0 Å². The molecule has 1 atom stereocenters. The zero-order valence-corrected chi connectivity index (χ0v) is 11.5. The molecule has 0 aliphatic heterocycles. The third-order valence-electron chi connectivity index (χ3n) is 1.97. The molecular weight excluding hydrogens is 358 g/mol.